The molecule has 1 unspecified atom stereocenters. The van der Waals surface area contributed by atoms with Crippen molar-refractivity contribution in [1.29, 1.82) is 0 Å². The predicted octanol–water partition coefficient (Wildman–Crippen LogP) is 2.64. The number of guanidine groups is 1. The van der Waals surface area contributed by atoms with Gasteiger partial charge in [-0.05, 0) is 57.5 Å². The van der Waals surface area contributed by atoms with Crippen molar-refractivity contribution in [3.8, 4) is 0 Å². The molecule has 0 bridgehead atoms. The largest absolute Gasteiger partial charge is 0.357 e. The van der Waals surface area contributed by atoms with Crippen LogP contribution in [0.1, 0.15) is 25.3 Å². The van der Waals surface area contributed by atoms with Gasteiger partial charge in [-0.3, -0.25) is 4.99 Å². The number of aliphatic imine (C=N–C) groups is 1. The van der Waals surface area contributed by atoms with E-state index in [4.69, 9.17) is 0 Å². The molecule has 0 radical (unpaired) electrons. The van der Waals surface area contributed by atoms with E-state index >= 15 is 0 Å². The van der Waals surface area contributed by atoms with Gasteiger partial charge in [-0.15, -0.1) is 24.0 Å². The lowest BCUT2D eigenvalue weighted by molar-refractivity contribution is 0.317. The molecule has 130 valence electrons. The lowest BCUT2D eigenvalue weighted by Gasteiger charge is -2.18. The molecule has 2 N–H and O–H groups in total. The van der Waals surface area contributed by atoms with Crippen LogP contribution in [0, 0.1) is 5.82 Å². The van der Waals surface area contributed by atoms with E-state index in [1.165, 1.54) is 25.5 Å². The molecular weight excluding hydrogens is 406 g/mol. The first-order valence-electron chi connectivity index (χ1n) is 8.16. The van der Waals surface area contributed by atoms with Crippen LogP contribution in [0.3, 0.4) is 0 Å². The molecule has 0 aliphatic carbocycles. The summed E-state index contributed by atoms with van der Waals surface area (Å²) in [4.78, 5) is 7.05. The minimum Gasteiger partial charge on any atom is -0.357 e. The first kappa shape index (κ1) is 20.2. The molecule has 1 heterocycles. The summed E-state index contributed by atoms with van der Waals surface area (Å²) in [6, 6.07) is 7.31. The van der Waals surface area contributed by atoms with E-state index in [0.717, 1.165) is 37.6 Å². The van der Waals surface area contributed by atoms with Gasteiger partial charge in [-0.25, -0.2) is 4.39 Å². The number of likely N-dealkylation sites (N-methyl/N-ethyl adjacent to an activating group) is 1. The van der Waals surface area contributed by atoms with Gasteiger partial charge < -0.3 is 15.5 Å². The fraction of sp³-hybridized carbons (Fsp3) is 0.588. The second-order valence-electron chi connectivity index (χ2n) is 5.80. The van der Waals surface area contributed by atoms with Crippen LogP contribution >= 0.6 is 24.0 Å². The Balaban J connectivity index is 0.00000264. The molecule has 1 aliphatic rings. The zero-order chi connectivity index (χ0) is 15.8. The van der Waals surface area contributed by atoms with E-state index in [9.17, 15) is 4.39 Å². The zero-order valence-electron chi connectivity index (χ0n) is 14.0. The number of benzene rings is 1. The second-order valence-corrected chi connectivity index (χ2v) is 5.80. The molecule has 23 heavy (non-hydrogen) atoms. The SMILES string of the molecule is CCNC(=NCC1CCCN1C)NCCc1cccc(F)c1.I. The van der Waals surface area contributed by atoms with Crippen molar-refractivity contribution in [2.45, 2.75) is 32.2 Å². The monoisotopic (exact) mass is 434 g/mol. The van der Waals surface area contributed by atoms with Gasteiger partial charge >= 0.3 is 0 Å². The molecule has 1 aromatic rings. The summed E-state index contributed by atoms with van der Waals surface area (Å²) >= 11 is 0. The Morgan fingerprint density at radius 1 is 1.39 bits per heavy atom. The quantitative estimate of drug-likeness (QED) is 0.411. The summed E-state index contributed by atoms with van der Waals surface area (Å²) in [5.41, 5.74) is 0.999. The average molecular weight is 434 g/mol. The Morgan fingerprint density at radius 2 is 2.22 bits per heavy atom. The van der Waals surface area contributed by atoms with Gasteiger partial charge in [0.25, 0.3) is 0 Å². The highest BCUT2D eigenvalue weighted by Crippen LogP contribution is 2.14. The topological polar surface area (TPSA) is 39.7 Å². The van der Waals surface area contributed by atoms with Gasteiger partial charge in [0.05, 0.1) is 6.54 Å². The van der Waals surface area contributed by atoms with Crippen molar-refractivity contribution in [2.75, 3.05) is 33.2 Å². The van der Waals surface area contributed by atoms with Gasteiger partial charge in [0.1, 0.15) is 5.82 Å². The number of likely N-dealkylation sites (tertiary alicyclic amines) is 1. The Hall–Kier alpha value is -0.890. The Morgan fingerprint density at radius 3 is 2.87 bits per heavy atom. The number of hydrogen-bond donors (Lipinski definition) is 2. The van der Waals surface area contributed by atoms with Gasteiger partial charge in [-0.2, -0.15) is 0 Å². The van der Waals surface area contributed by atoms with Gasteiger partial charge in [0, 0.05) is 19.1 Å². The summed E-state index contributed by atoms with van der Waals surface area (Å²) in [6.07, 6.45) is 3.27. The van der Waals surface area contributed by atoms with E-state index in [2.05, 4.69) is 34.5 Å². The molecule has 4 nitrogen and oxygen atoms in total. The number of nitrogens with zero attached hydrogens (tertiary/aromatic N) is 2. The lowest BCUT2D eigenvalue weighted by Crippen LogP contribution is -2.39. The number of hydrogen-bond acceptors (Lipinski definition) is 2. The third-order valence-corrected chi connectivity index (χ3v) is 4.07. The summed E-state index contributed by atoms with van der Waals surface area (Å²) in [6.45, 7) is 5.64. The maximum Gasteiger partial charge on any atom is 0.191 e. The first-order valence-corrected chi connectivity index (χ1v) is 8.16. The van der Waals surface area contributed by atoms with E-state index in [1.54, 1.807) is 12.1 Å². The van der Waals surface area contributed by atoms with E-state index < -0.39 is 0 Å². The first-order chi connectivity index (χ1) is 10.7. The lowest BCUT2D eigenvalue weighted by atomic mass is 10.1. The molecule has 0 spiro atoms. The highest BCUT2D eigenvalue weighted by Gasteiger charge is 2.20. The van der Waals surface area contributed by atoms with Crippen LogP contribution in [0.15, 0.2) is 29.3 Å². The number of rotatable bonds is 6. The van der Waals surface area contributed by atoms with Crippen molar-refractivity contribution in [1.82, 2.24) is 15.5 Å². The molecule has 1 fully saturated rings. The van der Waals surface area contributed by atoms with E-state index in [-0.39, 0.29) is 29.8 Å². The van der Waals surface area contributed by atoms with Crippen LogP contribution in [0.5, 0.6) is 0 Å². The van der Waals surface area contributed by atoms with Crippen LogP contribution < -0.4 is 10.6 Å². The molecule has 0 amide bonds. The highest BCUT2D eigenvalue weighted by atomic mass is 127. The zero-order valence-corrected chi connectivity index (χ0v) is 16.3. The molecule has 6 heteroatoms. The Bertz CT molecular complexity index is 495. The minimum atomic E-state index is -0.178. The van der Waals surface area contributed by atoms with Gasteiger partial charge in [-0.1, -0.05) is 12.1 Å². The molecule has 1 atom stereocenters. The number of nitrogens with one attached hydrogen (secondary N) is 2. The summed E-state index contributed by atoms with van der Waals surface area (Å²) in [5, 5.41) is 6.59. The van der Waals surface area contributed by atoms with Crippen molar-refractivity contribution < 1.29 is 4.39 Å². The third-order valence-electron chi connectivity index (χ3n) is 4.07. The molecule has 1 aromatic carbocycles. The molecule has 1 aliphatic heterocycles. The smallest absolute Gasteiger partial charge is 0.191 e. The summed E-state index contributed by atoms with van der Waals surface area (Å²) < 4.78 is 13.1. The van der Waals surface area contributed by atoms with Crippen molar-refractivity contribution in [3.05, 3.63) is 35.6 Å². The van der Waals surface area contributed by atoms with Crippen LogP contribution in [0.4, 0.5) is 4.39 Å². The van der Waals surface area contributed by atoms with Gasteiger partial charge in [0.15, 0.2) is 5.96 Å². The number of halogens is 2. The van der Waals surface area contributed by atoms with Crippen LogP contribution in [0.2, 0.25) is 0 Å². The average Bonchev–Trinajstić information content (AvgIpc) is 2.90. The maximum absolute atomic E-state index is 13.1. The third kappa shape index (κ3) is 7.03. The second kappa shape index (κ2) is 10.8. The molecule has 0 saturated carbocycles. The molecule has 0 aromatic heterocycles. The van der Waals surface area contributed by atoms with E-state index in [1.807, 2.05) is 6.07 Å². The maximum atomic E-state index is 13.1. The fourth-order valence-electron chi connectivity index (χ4n) is 2.77. The van der Waals surface area contributed by atoms with Crippen molar-refractivity contribution in [2.24, 2.45) is 4.99 Å². The summed E-state index contributed by atoms with van der Waals surface area (Å²) in [7, 11) is 2.16. The predicted molar refractivity (Wildman–Crippen MR) is 105 cm³/mol. The fourth-order valence-corrected chi connectivity index (χ4v) is 2.77. The Kier molecular flexibility index (Phi) is 9.47. The van der Waals surface area contributed by atoms with Crippen LogP contribution in [-0.4, -0.2) is 50.1 Å². The molecular formula is C17H28FIN4. The standard InChI is InChI=1S/C17H27FN4.HI/c1-3-19-17(21-13-16-8-5-11-22(16)2)20-10-9-14-6-4-7-15(18)12-14;/h4,6-7,12,16H,3,5,8-11,13H2,1-2H3,(H2,19,20,21);1H. The van der Waals surface area contributed by atoms with Crippen LogP contribution in [-0.2, 0) is 6.42 Å². The molecule has 2 rings (SSSR count). The molecule has 1 saturated heterocycles. The Labute approximate surface area is 156 Å². The minimum absolute atomic E-state index is 0. The van der Waals surface area contributed by atoms with E-state index in [0.29, 0.717) is 6.04 Å². The highest BCUT2D eigenvalue weighted by molar-refractivity contribution is 14.0. The van der Waals surface area contributed by atoms with Crippen LogP contribution in [0.25, 0.3) is 0 Å². The summed E-state index contributed by atoms with van der Waals surface area (Å²) in [5.74, 6) is 0.668. The normalized spacial score (nSPS) is 18.6. The van der Waals surface area contributed by atoms with Gasteiger partial charge in [0.2, 0.25) is 0 Å². The van der Waals surface area contributed by atoms with Crippen molar-refractivity contribution >= 4 is 29.9 Å². The van der Waals surface area contributed by atoms with Crippen molar-refractivity contribution in [3.63, 3.8) is 0 Å².